The summed E-state index contributed by atoms with van der Waals surface area (Å²) in [4.78, 5) is 15.4. The second kappa shape index (κ2) is 5.95. The number of pyridine rings is 1. The standard InChI is InChI=1S/C14H13FN2O2/c1-10-4-5-11(19-10)6-7-14(18)17-9-13-12(15)3-2-8-16-13/h2-8H,9H2,1H3,(H,17,18)/b7-6+. The summed E-state index contributed by atoms with van der Waals surface area (Å²) in [6.07, 6.45) is 4.36. The Labute approximate surface area is 110 Å². The number of carbonyl (C=O) groups excluding carboxylic acids is 1. The minimum absolute atomic E-state index is 0.0486. The maximum atomic E-state index is 13.2. The fourth-order valence-corrected chi connectivity index (χ4v) is 1.48. The number of aryl methyl sites for hydroxylation is 1. The molecule has 0 fully saturated rings. The van der Waals surface area contributed by atoms with Gasteiger partial charge < -0.3 is 9.73 Å². The molecule has 0 spiro atoms. The molecule has 2 aromatic rings. The van der Waals surface area contributed by atoms with Gasteiger partial charge >= 0.3 is 0 Å². The van der Waals surface area contributed by atoms with Gasteiger partial charge in [0.25, 0.3) is 0 Å². The summed E-state index contributed by atoms with van der Waals surface area (Å²) < 4.78 is 18.5. The molecule has 0 aliphatic heterocycles. The zero-order valence-corrected chi connectivity index (χ0v) is 10.4. The monoisotopic (exact) mass is 260 g/mol. The van der Waals surface area contributed by atoms with Crippen molar-refractivity contribution >= 4 is 12.0 Å². The van der Waals surface area contributed by atoms with Crippen molar-refractivity contribution in [3.63, 3.8) is 0 Å². The van der Waals surface area contributed by atoms with Crippen molar-refractivity contribution in [1.82, 2.24) is 10.3 Å². The van der Waals surface area contributed by atoms with Crippen LogP contribution < -0.4 is 5.32 Å². The number of hydrogen-bond acceptors (Lipinski definition) is 3. The van der Waals surface area contributed by atoms with Crippen molar-refractivity contribution in [3.05, 3.63) is 59.6 Å². The van der Waals surface area contributed by atoms with Gasteiger partial charge in [-0.25, -0.2) is 4.39 Å². The molecule has 0 atom stereocenters. The topological polar surface area (TPSA) is 55.1 Å². The van der Waals surface area contributed by atoms with Crippen molar-refractivity contribution < 1.29 is 13.6 Å². The van der Waals surface area contributed by atoms with E-state index in [9.17, 15) is 9.18 Å². The number of nitrogens with zero attached hydrogens (tertiary/aromatic N) is 1. The smallest absolute Gasteiger partial charge is 0.244 e. The summed E-state index contributed by atoms with van der Waals surface area (Å²) in [5.74, 6) is 0.597. The Balaban J connectivity index is 1.88. The van der Waals surface area contributed by atoms with Gasteiger partial charge in [-0.2, -0.15) is 0 Å². The molecule has 0 aliphatic carbocycles. The number of halogens is 1. The highest BCUT2D eigenvalue weighted by Gasteiger charge is 2.03. The molecule has 2 rings (SSSR count). The van der Waals surface area contributed by atoms with Gasteiger partial charge in [0.05, 0.1) is 12.2 Å². The van der Waals surface area contributed by atoms with E-state index >= 15 is 0 Å². The first-order valence-corrected chi connectivity index (χ1v) is 5.77. The van der Waals surface area contributed by atoms with Crippen LogP contribution in [0.3, 0.4) is 0 Å². The quantitative estimate of drug-likeness (QED) is 0.859. The molecule has 5 heteroatoms. The predicted molar refractivity (Wildman–Crippen MR) is 68.5 cm³/mol. The maximum absolute atomic E-state index is 13.2. The van der Waals surface area contributed by atoms with E-state index in [-0.39, 0.29) is 18.1 Å². The second-order valence-corrected chi connectivity index (χ2v) is 3.93. The van der Waals surface area contributed by atoms with Crippen molar-refractivity contribution in [2.24, 2.45) is 0 Å². The molecule has 19 heavy (non-hydrogen) atoms. The molecule has 1 amide bonds. The number of aromatic nitrogens is 1. The van der Waals surface area contributed by atoms with Crippen LogP contribution in [0.5, 0.6) is 0 Å². The summed E-state index contributed by atoms with van der Waals surface area (Å²) in [5.41, 5.74) is 0.207. The molecule has 0 saturated carbocycles. The first-order chi connectivity index (χ1) is 9.15. The van der Waals surface area contributed by atoms with Crippen LogP contribution in [0, 0.1) is 12.7 Å². The van der Waals surface area contributed by atoms with Crippen LogP contribution in [0.4, 0.5) is 4.39 Å². The van der Waals surface area contributed by atoms with Gasteiger partial charge in [-0.1, -0.05) is 0 Å². The van der Waals surface area contributed by atoms with Gasteiger partial charge in [-0.15, -0.1) is 0 Å². The molecule has 0 aromatic carbocycles. The molecule has 4 nitrogen and oxygen atoms in total. The Hall–Kier alpha value is -2.43. The Morgan fingerprint density at radius 3 is 3.00 bits per heavy atom. The first-order valence-electron chi connectivity index (χ1n) is 5.77. The van der Waals surface area contributed by atoms with Gasteiger partial charge in [0.2, 0.25) is 5.91 Å². The van der Waals surface area contributed by atoms with E-state index < -0.39 is 5.82 Å². The number of furan rings is 1. The van der Waals surface area contributed by atoms with E-state index in [0.717, 1.165) is 5.76 Å². The van der Waals surface area contributed by atoms with Crippen LogP contribution in [0.2, 0.25) is 0 Å². The van der Waals surface area contributed by atoms with E-state index in [1.54, 1.807) is 18.2 Å². The third-order valence-corrected chi connectivity index (χ3v) is 2.42. The molecule has 2 heterocycles. The fourth-order valence-electron chi connectivity index (χ4n) is 1.48. The zero-order valence-electron chi connectivity index (χ0n) is 10.4. The lowest BCUT2D eigenvalue weighted by atomic mass is 10.3. The van der Waals surface area contributed by atoms with Crippen LogP contribution in [0.15, 0.2) is 41.0 Å². The van der Waals surface area contributed by atoms with E-state index in [0.29, 0.717) is 5.76 Å². The summed E-state index contributed by atoms with van der Waals surface area (Å²) in [7, 11) is 0. The molecular weight excluding hydrogens is 247 g/mol. The summed E-state index contributed by atoms with van der Waals surface area (Å²) >= 11 is 0. The molecule has 0 unspecified atom stereocenters. The summed E-state index contributed by atoms with van der Waals surface area (Å²) in [5, 5.41) is 2.55. The van der Waals surface area contributed by atoms with Gasteiger partial charge in [-0.05, 0) is 37.3 Å². The summed E-state index contributed by atoms with van der Waals surface area (Å²) in [6, 6.07) is 6.37. The lowest BCUT2D eigenvalue weighted by Gasteiger charge is -2.02. The molecular formula is C14H13FN2O2. The molecule has 0 saturated heterocycles. The van der Waals surface area contributed by atoms with Crippen LogP contribution in [-0.2, 0) is 11.3 Å². The molecule has 0 bridgehead atoms. The minimum Gasteiger partial charge on any atom is -0.462 e. The lowest BCUT2D eigenvalue weighted by molar-refractivity contribution is -0.116. The zero-order chi connectivity index (χ0) is 13.7. The predicted octanol–water partition coefficient (Wildman–Crippen LogP) is 2.45. The minimum atomic E-state index is -0.437. The largest absolute Gasteiger partial charge is 0.462 e. The van der Waals surface area contributed by atoms with Crippen molar-refractivity contribution in [1.29, 1.82) is 0 Å². The normalized spacial score (nSPS) is 10.8. The Kier molecular flexibility index (Phi) is 4.07. The van der Waals surface area contributed by atoms with Crippen LogP contribution >= 0.6 is 0 Å². The van der Waals surface area contributed by atoms with Crippen LogP contribution in [0.1, 0.15) is 17.2 Å². The van der Waals surface area contributed by atoms with Gasteiger partial charge in [0.1, 0.15) is 17.3 Å². The van der Waals surface area contributed by atoms with E-state index in [2.05, 4.69) is 10.3 Å². The van der Waals surface area contributed by atoms with E-state index in [1.807, 2.05) is 6.92 Å². The highest BCUT2D eigenvalue weighted by Crippen LogP contribution is 2.07. The molecule has 98 valence electrons. The van der Waals surface area contributed by atoms with Crippen molar-refractivity contribution in [2.45, 2.75) is 13.5 Å². The second-order valence-electron chi connectivity index (χ2n) is 3.93. The molecule has 0 radical (unpaired) electrons. The molecule has 2 aromatic heterocycles. The van der Waals surface area contributed by atoms with Crippen molar-refractivity contribution in [3.8, 4) is 0 Å². The van der Waals surface area contributed by atoms with E-state index in [4.69, 9.17) is 4.42 Å². The number of amides is 1. The first kappa shape index (κ1) is 13.0. The third kappa shape index (κ3) is 3.77. The molecule has 0 aliphatic rings. The lowest BCUT2D eigenvalue weighted by Crippen LogP contribution is -2.21. The summed E-state index contributed by atoms with van der Waals surface area (Å²) in [6.45, 7) is 1.87. The highest BCUT2D eigenvalue weighted by atomic mass is 19.1. The number of hydrogen-bond donors (Lipinski definition) is 1. The highest BCUT2D eigenvalue weighted by molar-refractivity contribution is 5.91. The maximum Gasteiger partial charge on any atom is 0.244 e. The van der Waals surface area contributed by atoms with Crippen LogP contribution in [-0.4, -0.2) is 10.9 Å². The fraction of sp³-hybridized carbons (Fsp3) is 0.143. The third-order valence-electron chi connectivity index (χ3n) is 2.42. The average Bonchev–Trinajstić information content (AvgIpc) is 2.81. The number of carbonyl (C=O) groups is 1. The number of rotatable bonds is 4. The van der Waals surface area contributed by atoms with E-state index in [1.165, 1.54) is 24.4 Å². The van der Waals surface area contributed by atoms with Gasteiger partial charge in [-0.3, -0.25) is 9.78 Å². The Bertz CT molecular complexity index is 605. The van der Waals surface area contributed by atoms with Gasteiger partial charge in [0, 0.05) is 12.3 Å². The Morgan fingerprint density at radius 1 is 1.47 bits per heavy atom. The number of nitrogens with one attached hydrogen (secondary N) is 1. The van der Waals surface area contributed by atoms with Crippen molar-refractivity contribution in [2.75, 3.05) is 0 Å². The van der Waals surface area contributed by atoms with Gasteiger partial charge in [0.15, 0.2) is 0 Å². The molecule has 1 N–H and O–H groups in total. The van der Waals surface area contributed by atoms with Crippen LogP contribution in [0.25, 0.3) is 6.08 Å². The average molecular weight is 260 g/mol. The SMILES string of the molecule is Cc1ccc(/C=C/C(=O)NCc2ncccc2F)o1. The Morgan fingerprint density at radius 2 is 2.32 bits per heavy atom.